The lowest BCUT2D eigenvalue weighted by Gasteiger charge is -2.03. The first-order valence-corrected chi connectivity index (χ1v) is 6.41. The fourth-order valence-electron chi connectivity index (χ4n) is 1.73. The predicted molar refractivity (Wildman–Crippen MR) is 82.5 cm³/mol. The minimum atomic E-state index is -0.312. The third-order valence-electron chi connectivity index (χ3n) is 2.73. The average molecular weight is 310 g/mol. The highest BCUT2D eigenvalue weighted by atomic mass is 35.5. The van der Waals surface area contributed by atoms with Gasteiger partial charge in [-0.15, -0.1) is 12.4 Å². The Balaban J connectivity index is 0.00000220. The van der Waals surface area contributed by atoms with Crippen LogP contribution in [0.25, 0.3) is 6.08 Å². The van der Waals surface area contributed by atoms with Gasteiger partial charge < -0.3 is 9.88 Å². The number of imidazole rings is 1. The fourth-order valence-corrected chi connectivity index (χ4v) is 1.73. The van der Waals surface area contributed by atoms with E-state index in [2.05, 4.69) is 10.3 Å². The standard InChI is InChI=1S/C15H16FN3O.ClH/c16-14-4-1-3-13(11-14)5-6-15(20)18-7-2-9-19-10-8-17-12-19;/h1,3-6,8,10-12H,2,7,9H2,(H,18,20);1H. The molecule has 0 atom stereocenters. The zero-order chi connectivity index (χ0) is 14.2. The van der Waals surface area contributed by atoms with E-state index in [1.54, 1.807) is 30.7 Å². The second-order valence-electron chi connectivity index (χ2n) is 4.33. The summed E-state index contributed by atoms with van der Waals surface area (Å²) in [5.74, 6) is -0.493. The molecule has 0 unspecified atom stereocenters. The number of aryl methyl sites for hydroxylation is 1. The van der Waals surface area contributed by atoms with Gasteiger partial charge in [0.2, 0.25) is 5.91 Å². The molecule has 0 saturated carbocycles. The largest absolute Gasteiger partial charge is 0.352 e. The van der Waals surface area contributed by atoms with Gasteiger partial charge in [0.25, 0.3) is 0 Å². The first-order chi connectivity index (χ1) is 9.74. The minimum Gasteiger partial charge on any atom is -0.352 e. The summed E-state index contributed by atoms with van der Waals surface area (Å²) in [7, 11) is 0. The third-order valence-corrected chi connectivity index (χ3v) is 2.73. The van der Waals surface area contributed by atoms with E-state index in [-0.39, 0.29) is 24.1 Å². The lowest BCUT2D eigenvalue weighted by atomic mass is 10.2. The van der Waals surface area contributed by atoms with E-state index in [0.29, 0.717) is 12.1 Å². The summed E-state index contributed by atoms with van der Waals surface area (Å²) in [4.78, 5) is 15.5. The molecule has 0 radical (unpaired) electrons. The van der Waals surface area contributed by atoms with Gasteiger partial charge in [-0.05, 0) is 30.2 Å². The van der Waals surface area contributed by atoms with Crippen molar-refractivity contribution in [3.8, 4) is 0 Å². The van der Waals surface area contributed by atoms with Gasteiger partial charge in [-0.2, -0.15) is 0 Å². The molecule has 21 heavy (non-hydrogen) atoms. The summed E-state index contributed by atoms with van der Waals surface area (Å²) in [6, 6.07) is 6.10. The monoisotopic (exact) mass is 309 g/mol. The van der Waals surface area contributed by atoms with Crippen molar-refractivity contribution in [3.63, 3.8) is 0 Å². The Morgan fingerprint density at radius 3 is 3.00 bits per heavy atom. The smallest absolute Gasteiger partial charge is 0.244 e. The molecule has 2 aromatic rings. The van der Waals surface area contributed by atoms with E-state index in [1.807, 2.05) is 10.8 Å². The van der Waals surface area contributed by atoms with Crippen molar-refractivity contribution in [2.75, 3.05) is 6.54 Å². The molecule has 1 aromatic carbocycles. The molecular weight excluding hydrogens is 293 g/mol. The summed E-state index contributed by atoms with van der Waals surface area (Å²) < 4.78 is 14.9. The van der Waals surface area contributed by atoms with Gasteiger partial charge in [0.15, 0.2) is 0 Å². The van der Waals surface area contributed by atoms with Gasteiger partial charge in [-0.3, -0.25) is 4.79 Å². The zero-order valence-electron chi connectivity index (χ0n) is 11.4. The van der Waals surface area contributed by atoms with Gasteiger partial charge in [-0.1, -0.05) is 12.1 Å². The van der Waals surface area contributed by atoms with Crippen molar-refractivity contribution < 1.29 is 9.18 Å². The third kappa shape index (κ3) is 6.23. The quantitative estimate of drug-likeness (QED) is 0.659. The Hall–Kier alpha value is -2.14. The summed E-state index contributed by atoms with van der Waals surface area (Å²) in [6.45, 7) is 1.40. The zero-order valence-corrected chi connectivity index (χ0v) is 12.2. The van der Waals surface area contributed by atoms with Crippen LogP contribution in [0.4, 0.5) is 4.39 Å². The maximum atomic E-state index is 12.9. The Bertz CT molecular complexity index is 584. The number of nitrogens with zero attached hydrogens (tertiary/aromatic N) is 2. The van der Waals surface area contributed by atoms with Crippen molar-refractivity contribution in [3.05, 3.63) is 60.4 Å². The maximum absolute atomic E-state index is 12.9. The van der Waals surface area contributed by atoms with Gasteiger partial charge in [0.05, 0.1) is 6.33 Å². The molecule has 112 valence electrons. The first kappa shape index (κ1) is 16.9. The Morgan fingerprint density at radius 2 is 2.29 bits per heavy atom. The van der Waals surface area contributed by atoms with Crippen LogP contribution in [0.5, 0.6) is 0 Å². The lowest BCUT2D eigenvalue weighted by molar-refractivity contribution is -0.116. The molecule has 6 heteroatoms. The number of amides is 1. The molecule has 2 rings (SSSR count). The number of carbonyl (C=O) groups is 1. The fraction of sp³-hybridized carbons (Fsp3) is 0.200. The molecule has 0 bridgehead atoms. The summed E-state index contributed by atoms with van der Waals surface area (Å²) in [5.41, 5.74) is 0.665. The van der Waals surface area contributed by atoms with Crippen molar-refractivity contribution >= 4 is 24.4 Å². The molecule has 1 aromatic heterocycles. The highest BCUT2D eigenvalue weighted by molar-refractivity contribution is 5.91. The average Bonchev–Trinajstić information content (AvgIpc) is 2.95. The van der Waals surface area contributed by atoms with E-state index >= 15 is 0 Å². The molecule has 1 amide bonds. The first-order valence-electron chi connectivity index (χ1n) is 6.41. The number of halogens is 2. The van der Waals surface area contributed by atoms with Crippen LogP contribution in [0.1, 0.15) is 12.0 Å². The van der Waals surface area contributed by atoms with Crippen molar-refractivity contribution in [1.29, 1.82) is 0 Å². The SMILES string of the molecule is Cl.O=C(C=Cc1cccc(F)c1)NCCCn1ccnc1. The number of aromatic nitrogens is 2. The second kappa shape index (κ2) is 8.92. The molecular formula is C15H17ClFN3O. The topological polar surface area (TPSA) is 46.9 Å². The second-order valence-corrected chi connectivity index (χ2v) is 4.33. The molecule has 0 spiro atoms. The summed E-state index contributed by atoms with van der Waals surface area (Å²) in [6.07, 6.45) is 9.17. The molecule has 1 N–H and O–H groups in total. The highest BCUT2D eigenvalue weighted by Gasteiger charge is 1.96. The van der Waals surface area contributed by atoms with E-state index in [0.717, 1.165) is 13.0 Å². The minimum absolute atomic E-state index is 0. The molecule has 0 aliphatic rings. The predicted octanol–water partition coefficient (Wildman–Crippen LogP) is 2.66. The van der Waals surface area contributed by atoms with E-state index in [1.165, 1.54) is 18.2 Å². The molecule has 0 fully saturated rings. The number of hydrogen-bond donors (Lipinski definition) is 1. The van der Waals surface area contributed by atoms with Crippen LogP contribution < -0.4 is 5.32 Å². The molecule has 1 heterocycles. The Kier molecular flexibility index (Phi) is 7.18. The summed E-state index contributed by atoms with van der Waals surface area (Å²) in [5, 5.41) is 2.78. The number of carbonyl (C=O) groups excluding carboxylic acids is 1. The molecule has 0 aliphatic heterocycles. The van der Waals surface area contributed by atoms with Gasteiger partial charge in [0, 0.05) is 31.6 Å². The highest BCUT2D eigenvalue weighted by Crippen LogP contribution is 2.04. The number of benzene rings is 1. The van der Waals surface area contributed by atoms with Crippen LogP contribution in [0.2, 0.25) is 0 Å². The van der Waals surface area contributed by atoms with Crippen molar-refractivity contribution in [2.45, 2.75) is 13.0 Å². The maximum Gasteiger partial charge on any atom is 0.244 e. The molecule has 4 nitrogen and oxygen atoms in total. The number of hydrogen-bond acceptors (Lipinski definition) is 2. The van der Waals surface area contributed by atoms with Crippen LogP contribution in [0.3, 0.4) is 0 Å². The van der Waals surface area contributed by atoms with Crippen LogP contribution in [-0.4, -0.2) is 22.0 Å². The van der Waals surface area contributed by atoms with E-state index in [4.69, 9.17) is 0 Å². The van der Waals surface area contributed by atoms with Crippen LogP contribution >= 0.6 is 12.4 Å². The Labute approximate surface area is 129 Å². The number of nitrogens with one attached hydrogen (secondary N) is 1. The van der Waals surface area contributed by atoms with Gasteiger partial charge >= 0.3 is 0 Å². The van der Waals surface area contributed by atoms with Crippen LogP contribution in [0, 0.1) is 5.82 Å². The van der Waals surface area contributed by atoms with Crippen LogP contribution in [-0.2, 0) is 11.3 Å². The van der Waals surface area contributed by atoms with Gasteiger partial charge in [-0.25, -0.2) is 9.37 Å². The Morgan fingerprint density at radius 1 is 1.43 bits per heavy atom. The van der Waals surface area contributed by atoms with E-state index < -0.39 is 0 Å². The number of rotatable bonds is 6. The van der Waals surface area contributed by atoms with Crippen molar-refractivity contribution in [1.82, 2.24) is 14.9 Å². The molecule has 0 aliphatic carbocycles. The normalized spacial score (nSPS) is 10.3. The van der Waals surface area contributed by atoms with Gasteiger partial charge in [0.1, 0.15) is 5.82 Å². The van der Waals surface area contributed by atoms with Crippen LogP contribution in [0.15, 0.2) is 49.1 Å². The van der Waals surface area contributed by atoms with E-state index in [9.17, 15) is 9.18 Å². The molecule has 0 saturated heterocycles. The lowest BCUT2D eigenvalue weighted by Crippen LogP contribution is -2.22. The van der Waals surface area contributed by atoms with Crippen molar-refractivity contribution in [2.24, 2.45) is 0 Å². The summed E-state index contributed by atoms with van der Waals surface area (Å²) >= 11 is 0.